The van der Waals surface area contributed by atoms with E-state index in [1.54, 1.807) is 7.11 Å². The highest BCUT2D eigenvalue weighted by Crippen LogP contribution is 2.27. The molecule has 0 saturated carbocycles. The van der Waals surface area contributed by atoms with Crippen molar-refractivity contribution in [3.05, 3.63) is 34.6 Å². The smallest absolute Gasteiger partial charge is 0.164 e. The van der Waals surface area contributed by atoms with Crippen LogP contribution >= 0.6 is 0 Å². The number of hydrogen-bond acceptors (Lipinski definition) is 4. The number of aryl methyl sites for hydroxylation is 3. The van der Waals surface area contributed by atoms with Gasteiger partial charge in [0, 0.05) is 19.2 Å². The summed E-state index contributed by atoms with van der Waals surface area (Å²) in [5.41, 5.74) is 10.6. The molecule has 0 unspecified atom stereocenters. The average molecular weight is 274 g/mol. The molecule has 1 aromatic heterocycles. The Morgan fingerprint density at radius 2 is 1.80 bits per heavy atom. The van der Waals surface area contributed by atoms with Gasteiger partial charge in [0.1, 0.15) is 5.82 Å². The number of benzene rings is 1. The summed E-state index contributed by atoms with van der Waals surface area (Å²) in [6, 6.07) is 4.33. The molecule has 0 fully saturated rings. The Morgan fingerprint density at radius 1 is 1.15 bits per heavy atom. The zero-order valence-electron chi connectivity index (χ0n) is 12.6. The minimum atomic E-state index is 0.376. The van der Waals surface area contributed by atoms with Gasteiger partial charge in [-0.1, -0.05) is 17.7 Å². The van der Waals surface area contributed by atoms with Gasteiger partial charge >= 0.3 is 0 Å². The molecular formula is C15H22N4O. The molecule has 0 spiro atoms. The van der Waals surface area contributed by atoms with Crippen molar-refractivity contribution in [1.29, 1.82) is 0 Å². The largest absolute Gasteiger partial charge is 0.383 e. The number of methoxy groups -OCH3 is 1. The highest BCUT2D eigenvalue weighted by molar-refractivity contribution is 5.65. The van der Waals surface area contributed by atoms with E-state index in [0.29, 0.717) is 19.7 Å². The molecule has 0 aliphatic heterocycles. The SMILES string of the molecule is COCCn1c(CN)nnc1-c1c(C)cc(C)cc1C. The molecule has 0 amide bonds. The number of rotatable bonds is 5. The van der Waals surface area contributed by atoms with Gasteiger partial charge in [-0.05, 0) is 31.9 Å². The quantitative estimate of drug-likeness (QED) is 0.905. The molecule has 2 rings (SSSR count). The van der Waals surface area contributed by atoms with E-state index in [1.165, 1.54) is 16.7 Å². The van der Waals surface area contributed by atoms with Crippen LogP contribution in [0.1, 0.15) is 22.5 Å². The van der Waals surface area contributed by atoms with Gasteiger partial charge < -0.3 is 15.0 Å². The highest BCUT2D eigenvalue weighted by atomic mass is 16.5. The van der Waals surface area contributed by atoms with E-state index >= 15 is 0 Å². The first kappa shape index (κ1) is 14.7. The fraction of sp³-hybridized carbons (Fsp3) is 0.467. The lowest BCUT2D eigenvalue weighted by Crippen LogP contribution is -2.13. The molecule has 5 nitrogen and oxygen atoms in total. The molecule has 5 heteroatoms. The summed E-state index contributed by atoms with van der Waals surface area (Å²) < 4.78 is 7.22. The third-order valence-corrected chi connectivity index (χ3v) is 3.43. The molecule has 0 radical (unpaired) electrons. The van der Waals surface area contributed by atoms with E-state index in [4.69, 9.17) is 10.5 Å². The van der Waals surface area contributed by atoms with Crippen LogP contribution in [0.5, 0.6) is 0 Å². The number of nitrogens with zero attached hydrogens (tertiary/aromatic N) is 3. The lowest BCUT2D eigenvalue weighted by Gasteiger charge is -2.13. The first-order chi connectivity index (χ1) is 9.58. The van der Waals surface area contributed by atoms with Gasteiger partial charge in [0.25, 0.3) is 0 Å². The average Bonchev–Trinajstić information content (AvgIpc) is 2.78. The highest BCUT2D eigenvalue weighted by Gasteiger charge is 2.16. The van der Waals surface area contributed by atoms with Gasteiger partial charge in [-0.3, -0.25) is 0 Å². The zero-order valence-corrected chi connectivity index (χ0v) is 12.6. The van der Waals surface area contributed by atoms with Crippen LogP contribution in [0.15, 0.2) is 12.1 Å². The predicted molar refractivity (Wildman–Crippen MR) is 79.4 cm³/mol. The second-order valence-electron chi connectivity index (χ2n) is 5.06. The second kappa shape index (κ2) is 6.15. The van der Waals surface area contributed by atoms with Crippen LogP contribution < -0.4 is 5.73 Å². The minimum Gasteiger partial charge on any atom is -0.383 e. The zero-order chi connectivity index (χ0) is 14.7. The van der Waals surface area contributed by atoms with Crippen molar-refractivity contribution >= 4 is 0 Å². The Bertz CT molecular complexity index is 581. The van der Waals surface area contributed by atoms with Gasteiger partial charge in [0.05, 0.1) is 13.2 Å². The molecule has 1 heterocycles. The van der Waals surface area contributed by atoms with Crippen molar-refractivity contribution in [3.63, 3.8) is 0 Å². The molecule has 0 aliphatic rings. The Morgan fingerprint density at radius 3 is 2.35 bits per heavy atom. The van der Waals surface area contributed by atoms with Crippen molar-refractivity contribution in [2.75, 3.05) is 13.7 Å². The van der Waals surface area contributed by atoms with Gasteiger partial charge in [-0.25, -0.2) is 0 Å². The first-order valence-electron chi connectivity index (χ1n) is 6.77. The molecule has 0 aliphatic carbocycles. The van der Waals surface area contributed by atoms with Crippen molar-refractivity contribution in [3.8, 4) is 11.4 Å². The molecule has 2 aromatic rings. The topological polar surface area (TPSA) is 66.0 Å². The molecule has 0 saturated heterocycles. The van der Waals surface area contributed by atoms with Crippen molar-refractivity contribution in [1.82, 2.24) is 14.8 Å². The van der Waals surface area contributed by atoms with Crippen LogP contribution in [-0.4, -0.2) is 28.5 Å². The lowest BCUT2D eigenvalue weighted by atomic mass is 9.99. The molecule has 1 aromatic carbocycles. The maximum atomic E-state index is 5.75. The van der Waals surface area contributed by atoms with Crippen LogP contribution in [0, 0.1) is 20.8 Å². The molecular weight excluding hydrogens is 252 g/mol. The van der Waals surface area contributed by atoms with Crippen LogP contribution in [0.4, 0.5) is 0 Å². The summed E-state index contributed by atoms with van der Waals surface area (Å²) in [6.45, 7) is 8.01. The minimum absolute atomic E-state index is 0.376. The number of aromatic nitrogens is 3. The Balaban J connectivity index is 2.55. The van der Waals surface area contributed by atoms with Gasteiger partial charge in [0.15, 0.2) is 5.82 Å². The Kier molecular flexibility index (Phi) is 4.52. The third-order valence-electron chi connectivity index (χ3n) is 3.43. The van der Waals surface area contributed by atoms with E-state index < -0.39 is 0 Å². The maximum Gasteiger partial charge on any atom is 0.164 e. The van der Waals surface area contributed by atoms with Crippen molar-refractivity contribution in [2.45, 2.75) is 33.9 Å². The number of hydrogen-bond donors (Lipinski definition) is 1. The van der Waals surface area contributed by atoms with E-state index in [2.05, 4.69) is 43.1 Å². The summed E-state index contributed by atoms with van der Waals surface area (Å²) in [6.07, 6.45) is 0. The summed E-state index contributed by atoms with van der Waals surface area (Å²) in [5.74, 6) is 1.66. The van der Waals surface area contributed by atoms with E-state index in [9.17, 15) is 0 Å². The van der Waals surface area contributed by atoms with Gasteiger partial charge in [-0.2, -0.15) is 0 Å². The molecule has 108 valence electrons. The maximum absolute atomic E-state index is 5.75. The number of ether oxygens (including phenoxy) is 1. The summed E-state index contributed by atoms with van der Waals surface area (Å²) in [5, 5.41) is 8.54. The lowest BCUT2D eigenvalue weighted by molar-refractivity contribution is 0.186. The Hall–Kier alpha value is -1.72. The van der Waals surface area contributed by atoms with Crippen LogP contribution in [0.25, 0.3) is 11.4 Å². The normalized spacial score (nSPS) is 11.1. The Labute approximate surface area is 119 Å². The second-order valence-corrected chi connectivity index (χ2v) is 5.06. The van der Waals surface area contributed by atoms with Crippen molar-refractivity contribution in [2.24, 2.45) is 5.73 Å². The summed E-state index contributed by atoms with van der Waals surface area (Å²) >= 11 is 0. The molecule has 2 N–H and O–H groups in total. The van der Waals surface area contributed by atoms with Crippen LogP contribution in [0.3, 0.4) is 0 Å². The van der Waals surface area contributed by atoms with Gasteiger partial charge in [-0.15, -0.1) is 10.2 Å². The first-order valence-corrected chi connectivity index (χ1v) is 6.77. The molecule has 20 heavy (non-hydrogen) atoms. The monoisotopic (exact) mass is 274 g/mol. The molecule has 0 bridgehead atoms. The van der Waals surface area contributed by atoms with Crippen LogP contribution in [0.2, 0.25) is 0 Å². The van der Waals surface area contributed by atoms with Crippen molar-refractivity contribution < 1.29 is 4.74 Å². The number of nitrogens with two attached hydrogens (primary N) is 1. The third kappa shape index (κ3) is 2.73. The van der Waals surface area contributed by atoms with E-state index in [0.717, 1.165) is 17.2 Å². The fourth-order valence-electron chi connectivity index (χ4n) is 2.62. The predicted octanol–water partition coefficient (Wildman–Crippen LogP) is 1.98. The molecule has 0 atom stereocenters. The summed E-state index contributed by atoms with van der Waals surface area (Å²) in [7, 11) is 1.69. The van der Waals surface area contributed by atoms with Gasteiger partial charge in [0.2, 0.25) is 0 Å². The standard InChI is InChI=1S/C15H22N4O/c1-10-7-11(2)14(12(3)8-10)15-18-17-13(9-16)19(15)5-6-20-4/h7-8H,5-6,9,16H2,1-4H3. The van der Waals surface area contributed by atoms with Crippen LogP contribution in [-0.2, 0) is 17.8 Å². The fourth-order valence-corrected chi connectivity index (χ4v) is 2.62. The van der Waals surface area contributed by atoms with E-state index in [1.807, 2.05) is 4.57 Å². The van der Waals surface area contributed by atoms with E-state index in [-0.39, 0.29) is 0 Å². The summed E-state index contributed by atoms with van der Waals surface area (Å²) in [4.78, 5) is 0.